The summed E-state index contributed by atoms with van der Waals surface area (Å²) in [6, 6.07) is 1.81. The first-order valence-electron chi connectivity index (χ1n) is 7.23. The number of nitrogens with zero attached hydrogens (tertiary/aromatic N) is 3. The van der Waals surface area contributed by atoms with E-state index >= 15 is 0 Å². The molecule has 1 saturated heterocycles. The number of aromatic nitrogens is 2. The van der Waals surface area contributed by atoms with E-state index in [0.29, 0.717) is 31.5 Å². The highest BCUT2D eigenvalue weighted by Crippen LogP contribution is 2.20. The predicted molar refractivity (Wildman–Crippen MR) is 78.2 cm³/mol. The fourth-order valence-corrected chi connectivity index (χ4v) is 2.17. The van der Waals surface area contributed by atoms with Crippen LogP contribution in [0.3, 0.4) is 0 Å². The third-order valence-corrected chi connectivity index (χ3v) is 3.18. The number of likely N-dealkylation sites (tertiary alicyclic amines) is 1. The third-order valence-electron chi connectivity index (χ3n) is 3.18. The van der Waals surface area contributed by atoms with Crippen LogP contribution in [-0.2, 0) is 4.74 Å². The monoisotopic (exact) mass is 293 g/mol. The van der Waals surface area contributed by atoms with Crippen LogP contribution in [0.15, 0.2) is 12.4 Å². The van der Waals surface area contributed by atoms with Crippen LogP contribution in [0.25, 0.3) is 0 Å². The number of rotatable bonds is 3. The SMILES string of the molecule is Cc1cc(OCC2CCN(C(=O)OC(C)(C)C)C2)ncn1. The summed E-state index contributed by atoms with van der Waals surface area (Å²) in [6.07, 6.45) is 2.16. The Morgan fingerprint density at radius 3 is 2.86 bits per heavy atom. The summed E-state index contributed by atoms with van der Waals surface area (Å²) in [5.41, 5.74) is 0.422. The molecule has 21 heavy (non-hydrogen) atoms. The van der Waals surface area contributed by atoms with E-state index in [2.05, 4.69) is 9.97 Å². The van der Waals surface area contributed by atoms with Gasteiger partial charge in [-0.25, -0.2) is 14.8 Å². The van der Waals surface area contributed by atoms with E-state index in [-0.39, 0.29) is 6.09 Å². The summed E-state index contributed by atoms with van der Waals surface area (Å²) in [5, 5.41) is 0. The van der Waals surface area contributed by atoms with Crippen molar-refractivity contribution in [1.82, 2.24) is 14.9 Å². The van der Waals surface area contributed by atoms with Crippen LogP contribution < -0.4 is 4.74 Å². The van der Waals surface area contributed by atoms with Crippen LogP contribution in [0.2, 0.25) is 0 Å². The van der Waals surface area contributed by atoms with Gasteiger partial charge in [-0.3, -0.25) is 0 Å². The molecular formula is C15H23N3O3. The van der Waals surface area contributed by atoms with Crippen LogP contribution >= 0.6 is 0 Å². The first-order chi connectivity index (χ1) is 9.83. The van der Waals surface area contributed by atoms with Crippen molar-refractivity contribution in [3.63, 3.8) is 0 Å². The molecule has 0 aromatic carbocycles. The van der Waals surface area contributed by atoms with Crippen molar-refractivity contribution in [3.05, 3.63) is 18.1 Å². The molecule has 2 heterocycles. The van der Waals surface area contributed by atoms with E-state index in [1.807, 2.05) is 27.7 Å². The second-order valence-electron chi connectivity index (χ2n) is 6.39. The average molecular weight is 293 g/mol. The van der Waals surface area contributed by atoms with E-state index in [4.69, 9.17) is 9.47 Å². The van der Waals surface area contributed by atoms with Gasteiger partial charge in [-0.05, 0) is 34.1 Å². The lowest BCUT2D eigenvalue weighted by Crippen LogP contribution is -2.35. The van der Waals surface area contributed by atoms with Crippen LogP contribution in [0.4, 0.5) is 4.79 Å². The Morgan fingerprint density at radius 1 is 1.43 bits per heavy atom. The Bertz CT molecular complexity index is 499. The van der Waals surface area contributed by atoms with Gasteiger partial charge in [0.15, 0.2) is 0 Å². The number of aryl methyl sites for hydroxylation is 1. The van der Waals surface area contributed by atoms with Gasteiger partial charge in [-0.1, -0.05) is 0 Å². The Kier molecular flexibility index (Phi) is 4.65. The molecule has 0 spiro atoms. The van der Waals surface area contributed by atoms with E-state index in [0.717, 1.165) is 12.1 Å². The summed E-state index contributed by atoms with van der Waals surface area (Å²) >= 11 is 0. The lowest BCUT2D eigenvalue weighted by molar-refractivity contribution is 0.0284. The van der Waals surface area contributed by atoms with Gasteiger partial charge in [0.1, 0.15) is 11.9 Å². The van der Waals surface area contributed by atoms with Gasteiger partial charge in [0.2, 0.25) is 5.88 Å². The Hall–Kier alpha value is -1.85. The lowest BCUT2D eigenvalue weighted by Gasteiger charge is -2.24. The predicted octanol–water partition coefficient (Wildman–Crippen LogP) is 2.42. The maximum Gasteiger partial charge on any atom is 0.410 e. The van der Waals surface area contributed by atoms with Crippen molar-refractivity contribution < 1.29 is 14.3 Å². The zero-order chi connectivity index (χ0) is 15.5. The first-order valence-corrected chi connectivity index (χ1v) is 7.23. The van der Waals surface area contributed by atoms with Gasteiger partial charge >= 0.3 is 6.09 Å². The Morgan fingerprint density at radius 2 is 2.19 bits per heavy atom. The van der Waals surface area contributed by atoms with Crippen molar-refractivity contribution in [3.8, 4) is 5.88 Å². The highest BCUT2D eigenvalue weighted by molar-refractivity contribution is 5.68. The van der Waals surface area contributed by atoms with Gasteiger partial charge < -0.3 is 14.4 Å². The fourth-order valence-electron chi connectivity index (χ4n) is 2.17. The molecule has 116 valence electrons. The molecule has 0 N–H and O–H groups in total. The number of amides is 1. The zero-order valence-corrected chi connectivity index (χ0v) is 13.1. The summed E-state index contributed by atoms with van der Waals surface area (Å²) in [5.74, 6) is 0.894. The van der Waals surface area contributed by atoms with Crippen LogP contribution in [0.1, 0.15) is 32.9 Å². The molecule has 0 saturated carbocycles. The van der Waals surface area contributed by atoms with Crippen molar-refractivity contribution in [2.24, 2.45) is 5.92 Å². The Labute approximate surface area is 125 Å². The molecule has 6 nitrogen and oxygen atoms in total. The molecule has 6 heteroatoms. The third kappa shape index (κ3) is 4.88. The maximum atomic E-state index is 12.0. The standard InChI is InChI=1S/C15H23N3O3/c1-11-7-13(17-10-16-11)20-9-12-5-6-18(8-12)14(19)21-15(2,3)4/h7,10,12H,5-6,8-9H2,1-4H3. The zero-order valence-electron chi connectivity index (χ0n) is 13.1. The molecule has 1 aromatic rings. The molecule has 1 aliphatic heterocycles. The van der Waals surface area contributed by atoms with Crippen molar-refractivity contribution in [1.29, 1.82) is 0 Å². The molecule has 0 aliphatic carbocycles. The van der Waals surface area contributed by atoms with Crippen LogP contribution in [0.5, 0.6) is 5.88 Å². The summed E-state index contributed by atoms with van der Waals surface area (Å²) in [7, 11) is 0. The van der Waals surface area contributed by atoms with Crippen LogP contribution in [0, 0.1) is 12.8 Å². The second-order valence-corrected chi connectivity index (χ2v) is 6.39. The quantitative estimate of drug-likeness (QED) is 0.856. The molecule has 1 atom stereocenters. The number of hydrogen-bond acceptors (Lipinski definition) is 5. The molecule has 1 aromatic heterocycles. The summed E-state index contributed by atoms with van der Waals surface area (Å²) in [4.78, 5) is 21.8. The highest BCUT2D eigenvalue weighted by atomic mass is 16.6. The maximum absolute atomic E-state index is 12.0. The summed E-state index contributed by atoms with van der Waals surface area (Å²) in [6.45, 7) is 9.45. The van der Waals surface area contributed by atoms with Gasteiger partial charge in [0, 0.05) is 30.8 Å². The average Bonchev–Trinajstić information content (AvgIpc) is 2.83. The molecular weight excluding hydrogens is 270 g/mol. The molecule has 2 rings (SSSR count). The Balaban J connectivity index is 1.79. The normalized spacial score (nSPS) is 18.7. The molecule has 1 fully saturated rings. The van der Waals surface area contributed by atoms with Crippen molar-refractivity contribution >= 4 is 6.09 Å². The van der Waals surface area contributed by atoms with Crippen molar-refractivity contribution in [2.75, 3.05) is 19.7 Å². The molecule has 0 bridgehead atoms. The molecule has 1 aliphatic rings. The molecule has 0 radical (unpaired) electrons. The second kappa shape index (κ2) is 6.28. The summed E-state index contributed by atoms with van der Waals surface area (Å²) < 4.78 is 11.0. The van der Waals surface area contributed by atoms with Gasteiger partial charge in [0.25, 0.3) is 0 Å². The minimum absolute atomic E-state index is 0.247. The number of carbonyl (C=O) groups is 1. The van der Waals surface area contributed by atoms with Gasteiger partial charge in [-0.15, -0.1) is 0 Å². The van der Waals surface area contributed by atoms with E-state index in [9.17, 15) is 4.79 Å². The van der Waals surface area contributed by atoms with Gasteiger partial charge in [-0.2, -0.15) is 0 Å². The number of hydrogen-bond donors (Lipinski definition) is 0. The molecule has 1 amide bonds. The highest BCUT2D eigenvalue weighted by Gasteiger charge is 2.30. The van der Waals surface area contributed by atoms with E-state index < -0.39 is 5.60 Å². The smallest absolute Gasteiger partial charge is 0.410 e. The minimum Gasteiger partial charge on any atom is -0.477 e. The lowest BCUT2D eigenvalue weighted by atomic mass is 10.1. The van der Waals surface area contributed by atoms with E-state index in [1.165, 1.54) is 6.33 Å². The van der Waals surface area contributed by atoms with Crippen LogP contribution in [-0.4, -0.2) is 46.3 Å². The largest absolute Gasteiger partial charge is 0.477 e. The number of carbonyl (C=O) groups excluding carboxylic acids is 1. The van der Waals surface area contributed by atoms with E-state index in [1.54, 1.807) is 11.0 Å². The fraction of sp³-hybridized carbons (Fsp3) is 0.667. The number of ether oxygens (including phenoxy) is 2. The van der Waals surface area contributed by atoms with Gasteiger partial charge in [0.05, 0.1) is 6.61 Å². The first kappa shape index (κ1) is 15.5. The topological polar surface area (TPSA) is 64.5 Å². The molecule has 1 unspecified atom stereocenters. The minimum atomic E-state index is -0.454. The van der Waals surface area contributed by atoms with Crippen molar-refractivity contribution in [2.45, 2.75) is 39.7 Å².